The molecule has 0 saturated heterocycles. The van der Waals surface area contributed by atoms with Crippen LogP contribution in [0.3, 0.4) is 0 Å². The van der Waals surface area contributed by atoms with E-state index in [9.17, 15) is 14.4 Å². The van der Waals surface area contributed by atoms with E-state index >= 15 is 0 Å². The molecule has 0 saturated carbocycles. The molecule has 0 rings (SSSR count). The fourth-order valence-electron chi connectivity index (χ4n) is 1.39. The molecular formula is C13H16O6. The number of hydrogen-bond acceptors (Lipinski definition) is 3. The van der Waals surface area contributed by atoms with Crippen molar-refractivity contribution in [1.29, 1.82) is 0 Å². The van der Waals surface area contributed by atoms with Gasteiger partial charge in [-0.05, 0) is 5.92 Å². The normalized spacial score (nSPS) is 15.3. The molecular weight excluding hydrogens is 252 g/mol. The maximum atomic E-state index is 10.6. The molecule has 6 heteroatoms. The van der Waals surface area contributed by atoms with Crippen molar-refractivity contribution >= 4 is 17.9 Å². The van der Waals surface area contributed by atoms with Crippen LogP contribution in [0.2, 0.25) is 0 Å². The molecule has 104 valence electrons. The Labute approximate surface area is 110 Å². The smallest absolute Gasteiger partial charge is 0.328 e. The zero-order valence-electron chi connectivity index (χ0n) is 10.6. The highest BCUT2D eigenvalue weighted by Gasteiger charge is 2.26. The van der Waals surface area contributed by atoms with Gasteiger partial charge >= 0.3 is 17.9 Å². The van der Waals surface area contributed by atoms with E-state index in [2.05, 4.69) is 0 Å². The van der Waals surface area contributed by atoms with Gasteiger partial charge in [0, 0.05) is 23.6 Å². The summed E-state index contributed by atoms with van der Waals surface area (Å²) >= 11 is 0. The quantitative estimate of drug-likeness (QED) is 0.604. The van der Waals surface area contributed by atoms with Crippen LogP contribution in [-0.2, 0) is 14.4 Å². The molecule has 0 aromatic rings. The zero-order valence-corrected chi connectivity index (χ0v) is 10.6. The average molecular weight is 268 g/mol. The number of carbonyl (C=O) groups is 3. The maximum absolute atomic E-state index is 10.6. The largest absolute Gasteiger partial charge is 0.478 e. The molecule has 19 heavy (non-hydrogen) atoms. The Hall–Kier alpha value is -2.37. The van der Waals surface area contributed by atoms with Crippen LogP contribution in [0.4, 0.5) is 0 Å². The maximum Gasteiger partial charge on any atom is 0.328 e. The van der Waals surface area contributed by atoms with E-state index in [1.807, 2.05) is 0 Å². The van der Waals surface area contributed by atoms with Crippen LogP contribution < -0.4 is 0 Å². The molecule has 0 aliphatic rings. The second kappa shape index (κ2) is 7.15. The van der Waals surface area contributed by atoms with Crippen LogP contribution in [0.25, 0.3) is 0 Å². The summed E-state index contributed by atoms with van der Waals surface area (Å²) in [5.41, 5.74) is -1.09. The van der Waals surface area contributed by atoms with Crippen LogP contribution in [0, 0.1) is 11.3 Å². The van der Waals surface area contributed by atoms with E-state index < -0.39 is 23.3 Å². The van der Waals surface area contributed by atoms with E-state index in [4.69, 9.17) is 15.3 Å². The van der Waals surface area contributed by atoms with Gasteiger partial charge in [0.25, 0.3) is 0 Å². The van der Waals surface area contributed by atoms with Gasteiger partial charge in [-0.15, -0.1) is 0 Å². The Morgan fingerprint density at radius 3 is 1.21 bits per heavy atom. The molecule has 0 heterocycles. The molecule has 6 nitrogen and oxygen atoms in total. The first kappa shape index (κ1) is 16.6. The summed E-state index contributed by atoms with van der Waals surface area (Å²) in [7, 11) is 0. The Balaban J connectivity index is 5.66. The third kappa shape index (κ3) is 6.21. The minimum absolute atomic E-state index is 0.228. The van der Waals surface area contributed by atoms with Crippen LogP contribution in [0.5, 0.6) is 0 Å². The van der Waals surface area contributed by atoms with Gasteiger partial charge in [-0.2, -0.15) is 0 Å². The lowest BCUT2D eigenvalue weighted by atomic mass is 9.76. The summed E-state index contributed by atoms with van der Waals surface area (Å²) in [6, 6.07) is 0. The molecule has 0 fully saturated rings. The van der Waals surface area contributed by atoms with Gasteiger partial charge in [0.1, 0.15) is 0 Å². The summed E-state index contributed by atoms with van der Waals surface area (Å²) in [6.07, 6.45) is 6.37. The first-order chi connectivity index (χ1) is 8.69. The first-order valence-corrected chi connectivity index (χ1v) is 5.46. The molecule has 0 spiro atoms. The Kier molecular flexibility index (Phi) is 6.26. The summed E-state index contributed by atoms with van der Waals surface area (Å²) in [5, 5.41) is 25.9. The van der Waals surface area contributed by atoms with Gasteiger partial charge in [0.05, 0.1) is 0 Å². The van der Waals surface area contributed by atoms with E-state index in [0.29, 0.717) is 0 Å². The van der Waals surface area contributed by atoms with Gasteiger partial charge in [0.15, 0.2) is 0 Å². The second-order valence-electron chi connectivity index (χ2n) is 4.17. The molecule has 0 atom stereocenters. The molecule has 0 aliphatic carbocycles. The highest BCUT2D eigenvalue weighted by atomic mass is 16.4. The first-order valence-electron chi connectivity index (χ1n) is 5.46. The number of aliphatic carboxylic acids is 3. The Morgan fingerprint density at radius 2 is 1.05 bits per heavy atom. The van der Waals surface area contributed by atoms with Crippen LogP contribution in [0.1, 0.15) is 13.8 Å². The lowest BCUT2D eigenvalue weighted by Crippen LogP contribution is -2.21. The van der Waals surface area contributed by atoms with E-state index in [-0.39, 0.29) is 5.92 Å². The van der Waals surface area contributed by atoms with Crippen molar-refractivity contribution in [2.24, 2.45) is 11.3 Å². The fourth-order valence-corrected chi connectivity index (χ4v) is 1.39. The molecule has 0 radical (unpaired) electrons. The number of allylic oxidation sites excluding steroid dienone is 3. The summed E-state index contributed by atoms with van der Waals surface area (Å²) in [6.45, 7) is 3.45. The molecule has 0 aromatic carbocycles. The van der Waals surface area contributed by atoms with Gasteiger partial charge in [0.2, 0.25) is 0 Å². The summed E-state index contributed by atoms with van der Waals surface area (Å²) in [4.78, 5) is 31.7. The number of carboxylic acid groups (broad SMARTS) is 3. The van der Waals surface area contributed by atoms with Gasteiger partial charge in [-0.25, -0.2) is 14.4 Å². The van der Waals surface area contributed by atoms with Crippen LogP contribution in [-0.4, -0.2) is 33.2 Å². The van der Waals surface area contributed by atoms with Crippen molar-refractivity contribution in [1.82, 2.24) is 0 Å². The third-order valence-electron chi connectivity index (χ3n) is 2.54. The van der Waals surface area contributed by atoms with Crippen LogP contribution >= 0.6 is 0 Å². The summed E-state index contributed by atoms with van der Waals surface area (Å²) in [5.74, 6) is -3.82. The lowest BCUT2D eigenvalue weighted by Gasteiger charge is -2.27. The van der Waals surface area contributed by atoms with E-state index in [0.717, 1.165) is 18.2 Å². The monoisotopic (exact) mass is 268 g/mol. The topological polar surface area (TPSA) is 112 Å². The van der Waals surface area contributed by atoms with Gasteiger partial charge in [-0.3, -0.25) is 0 Å². The van der Waals surface area contributed by atoms with Gasteiger partial charge in [-0.1, -0.05) is 32.1 Å². The predicted molar refractivity (Wildman–Crippen MR) is 67.6 cm³/mol. The van der Waals surface area contributed by atoms with Crippen LogP contribution in [0.15, 0.2) is 36.5 Å². The predicted octanol–water partition coefficient (Wildman–Crippen LogP) is 1.55. The minimum atomic E-state index is -1.20. The Morgan fingerprint density at radius 1 is 0.789 bits per heavy atom. The average Bonchev–Trinajstić information content (AvgIpc) is 2.27. The summed E-state index contributed by atoms with van der Waals surface area (Å²) < 4.78 is 0. The molecule has 0 unspecified atom stereocenters. The van der Waals surface area contributed by atoms with Gasteiger partial charge < -0.3 is 15.3 Å². The lowest BCUT2D eigenvalue weighted by molar-refractivity contribution is -0.132. The van der Waals surface area contributed by atoms with Crippen molar-refractivity contribution in [3.63, 3.8) is 0 Å². The zero-order chi connectivity index (χ0) is 15.1. The fraction of sp³-hybridized carbons (Fsp3) is 0.308. The molecule has 0 bridgehead atoms. The van der Waals surface area contributed by atoms with Crippen molar-refractivity contribution in [3.05, 3.63) is 36.5 Å². The van der Waals surface area contributed by atoms with Crippen molar-refractivity contribution in [3.8, 4) is 0 Å². The highest BCUT2D eigenvalue weighted by Crippen LogP contribution is 2.33. The molecule has 0 amide bonds. The number of rotatable bonds is 7. The minimum Gasteiger partial charge on any atom is -0.478 e. The Bertz CT molecular complexity index is 382. The molecule has 0 aliphatic heterocycles. The molecule has 0 aromatic heterocycles. The highest BCUT2D eigenvalue weighted by molar-refractivity contribution is 5.82. The van der Waals surface area contributed by atoms with Crippen molar-refractivity contribution in [2.45, 2.75) is 13.8 Å². The van der Waals surface area contributed by atoms with Crippen molar-refractivity contribution in [2.75, 3.05) is 0 Å². The number of hydrogen-bond donors (Lipinski definition) is 3. The van der Waals surface area contributed by atoms with E-state index in [1.165, 1.54) is 18.2 Å². The van der Waals surface area contributed by atoms with Crippen molar-refractivity contribution < 1.29 is 29.7 Å². The molecule has 3 N–H and O–H groups in total. The number of carboxylic acids is 3. The third-order valence-corrected chi connectivity index (χ3v) is 2.54. The van der Waals surface area contributed by atoms with E-state index in [1.54, 1.807) is 13.8 Å². The standard InChI is InChI=1S/C13H16O6/c1-9(2)13(6-3-10(14)15,7-4-11(16)17)8-5-12(18)19/h3-9H,1-2H3,(H,14,15)(H,16,17)(H,18,19). The second-order valence-corrected chi connectivity index (χ2v) is 4.17. The SMILES string of the molecule is CC(C)C(C=CC(=O)O)(C=CC(=O)O)C=CC(=O)O.